The minimum Gasteiger partial charge on any atom is -0.493 e. The van der Waals surface area contributed by atoms with Crippen molar-refractivity contribution < 1.29 is 14.3 Å². The smallest absolute Gasteiger partial charge is 0.225 e. The third-order valence-corrected chi connectivity index (χ3v) is 3.25. The number of aromatic nitrogens is 1. The van der Waals surface area contributed by atoms with Crippen LogP contribution in [0.25, 0.3) is 0 Å². The van der Waals surface area contributed by atoms with Gasteiger partial charge in [0.2, 0.25) is 5.91 Å². The minimum absolute atomic E-state index is 0.0593. The number of pyridine rings is 1. The van der Waals surface area contributed by atoms with E-state index in [2.05, 4.69) is 15.6 Å². The van der Waals surface area contributed by atoms with Crippen LogP contribution in [0.4, 0.5) is 5.69 Å². The van der Waals surface area contributed by atoms with Crippen LogP contribution in [-0.2, 0) is 11.3 Å². The SMILES string of the molecule is COc1ccc(NC(=O)CCNCc2cccnc2)cc1OC. The summed E-state index contributed by atoms with van der Waals surface area (Å²) in [5.74, 6) is 1.15. The molecule has 2 N–H and O–H groups in total. The third kappa shape index (κ3) is 5.27. The summed E-state index contributed by atoms with van der Waals surface area (Å²) in [7, 11) is 3.13. The van der Waals surface area contributed by atoms with Crippen LogP contribution in [0.15, 0.2) is 42.7 Å². The molecule has 1 aromatic carbocycles. The van der Waals surface area contributed by atoms with E-state index in [1.54, 1.807) is 44.8 Å². The first-order chi connectivity index (χ1) is 11.2. The molecule has 0 aliphatic rings. The number of methoxy groups -OCH3 is 2. The number of carbonyl (C=O) groups excluding carboxylic acids is 1. The van der Waals surface area contributed by atoms with Gasteiger partial charge in [-0.2, -0.15) is 0 Å². The molecule has 0 saturated heterocycles. The molecule has 0 aliphatic carbocycles. The molecular formula is C17H21N3O3. The fourth-order valence-corrected chi connectivity index (χ4v) is 2.07. The topological polar surface area (TPSA) is 72.5 Å². The van der Waals surface area contributed by atoms with Crippen LogP contribution in [0, 0.1) is 0 Å². The van der Waals surface area contributed by atoms with Crippen LogP contribution in [0.2, 0.25) is 0 Å². The fraction of sp³-hybridized carbons (Fsp3) is 0.294. The number of nitrogens with zero attached hydrogens (tertiary/aromatic N) is 1. The molecule has 0 unspecified atom stereocenters. The first-order valence-corrected chi connectivity index (χ1v) is 7.34. The van der Waals surface area contributed by atoms with Gasteiger partial charge in [0.15, 0.2) is 11.5 Å². The highest BCUT2D eigenvalue weighted by Crippen LogP contribution is 2.29. The standard InChI is InChI=1S/C17H21N3O3/c1-22-15-6-5-14(10-16(15)23-2)20-17(21)7-9-19-12-13-4-3-8-18-11-13/h3-6,8,10-11,19H,7,9,12H2,1-2H3,(H,20,21). The molecule has 1 aromatic heterocycles. The minimum atomic E-state index is -0.0593. The number of ether oxygens (including phenoxy) is 2. The lowest BCUT2D eigenvalue weighted by molar-refractivity contribution is -0.116. The van der Waals surface area contributed by atoms with Gasteiger partial charge >= 0.3 is 0 Å². The van der Waals surface area contributed by atoms with Crippen molar-refractivity contribution in [3.63, 3.8) is 0 Å². The summed E-state index contributed by atoms with van der Waals surface area (Å²) in [6.45, 7) is 1.28. The summed E-state index contributed by atoms with van der Waals surface area (Å²) < 4.78 is 10.4. The van der Waals surface area contributed by atoms with Crippen molar-refractivity contribution >= 4 is 11.6 Å². The Hall–Kier alpha value is -2.60. The Bertz CT molecular complexity index is 632. The molecule has 0 fully saturated rings. The van der Waals surface area contributed by atoms with Gasteiger partial charge < -0.3 is 20.1 Å². The Labute approximate surface area is 135 Å². The highest BCUT2D eigenvalue weighted by atomic mass is 16.5. The first-order valence-electron chi connectivity index (χ1n) is 7.34. The monoisotopic (exact) mass is 315 g/mol. The molecule has 0 aliphatic heterocycles. The lowest BCUT2D eigenvalue weighted by Gasteiger charge is -2.11. The molecule has 1 heterocycles. The Morgan fingerprint density at radius 1 is 1.17 bits per heavy atom. The highest BCUT2D eigenvalue weighted by molar-refractivity contribution is 5.91. The van der Waals surface area contributed by atoms with E-state index in [4.69, 9.17) is 9.47 Å². The van der Waals surface area contributed by atoms with E-state index < -0.39 is 0 Å². The number of carbonyl (C=O) groups is 1. The van der Waals surface area contributed by atoms with Crippen molar-refractivity contribution in [2.45, 2.75) is 13.0 Å². The number of anilines is 1. The number of rotatable bonds is 8. The summed E-state index contributed by atoms with van der Waals surface area (Å²) in [5, 5.41) is 6.05. The van der Waals surface area contributed by atoms with Crippen molar-refractivity contribution in [2.75, 3.05) is 26.1 Å². The molecule has 6 heteroatoms. The predicted octanol–water partition coefficient (Wildman–Crippen LogP) is 2.22. The van der Waals surface area contributed by atoms with Crippen LogP contribution in [-0.4, -0.2) is 31.7 Å². The zero-order chi connectivity index (χ0) is 16.5. The zero-order valence-electron chi connectivity index (χ0n) is 13.3. The Balaban J connectivity index is 1.76. The van der Waals surface area contributed by atoms with E-state index in [0.717, 1.165) is 5.56 Å². The van der Waals surface area contributed by atoms with E-state index in [1.165, 1.54) is 0 Å². The Kier molecular flexibility index (Phi) is 6.38. The molecule has 6 nitrogen and oxygen atoms in total. The summed E-state index contributed by atoms with van der Waals surface area (Å²) in [5.41, 5.74) is 1.77. The van der Waals surface area contributed by atoms with Crippen molar-refractivity contribution in [3.8, 4) is 11.5 Å². The van der Waals surface area contributed by atoms with E-state index in [9.17, 15) is 4.79 Å². The third-order valence-electron chi connectivity index (χ3n) is 3.25. The van der Waals surface area contributed by atoms with Gasteiger partial charge in [-0.1, -0.05) is 6.07 Å². The molecule has 1 amide bonds. The van der Waals surface area contributed by atoms with E-state index >= 15 is 0 Å². The lowest BCUT2D eigenvalue weighted by Crippen LogP contribution is -2.21. The number of benzene rings is 1. The second-order valence-electron chi connectivity index (χ2n) is 4.91. The van der Waals surface area contributed by atoms with E-state index in [0.29, 0.717) is 36.7 Å². The van der Waals surface area contributed by atoms with Gasteiger partial charge in [0.25, 0.3) is 0 Å². The van der Waals surface area contributed by atoms with Crippen LogP contribution >= 0.6 is 0 Å². The van der Waals surface area contributed by atoms with Gasteiger partial charge in [0.1, 0.15) is 0 Å². The summed E-state index contributed by atoms with van der Waals surface area (Å²) in [6.07, 6.45) is 3.92. The number of hydrogen-bond acceptors (Lipinski definition) is 5. The van der Waals surface area contributed by atoms with Crippen LogP contribution in [0.5, 0.6) is 11.5 Å². The van der Waals surface area contributed by atoms with E-state index in [-0.39, 0.29) is 5.91 Å². The van der Waals surface area contributed by atoms with Gasteiger partial charge in [0, 0.05) is 43.7 Å². The average Bonchev–Trinajstić information content (AvgIpc) is 2.59. The molecule has 0 spiro atoms. The second kappa shape index (κ2) is 8.75. The van der Waals surface area contributed by atoms with Crippen molar-refractivity contribution in [2.24, 2.45) is 0 Å². The molecule has 0 atom stereocenters. The number of amides is 1. The fourth-order valence-electron chi connectivity index (χ4n) is 2.07. The number of hydrogen-bond donors (Lipinski definition) is 2. The average molecular weight is 315 g/mol. The van der Waals surface area contributed by atoms with Crippen LogP contribution in [0.1, 0.15) is 12.0 Å². The van der Waals surface area contributed by atoms with Crippen molar-refractivity contribution in [1.82, 2.24) is 10.3 Å². The first kappa shape index (κ1) is 16.8. The summed E-state index contributed by atoms with van der Waals surface area (Å²) >= 11 is 0. The molecule has 0 saturated carbocycles. The molecular weight excluding hydrogens is 294 g/mol. The van der Waals surface area contributed by atoms with Crippen LogP contribution in [0.3, 0.4) is 0 Å². The molecule has 2 rings (SSSR count). The van der Waals surface area contributed by atoms with Gasteiger partial charge in [-0.3, -0.25) is 9.78 Å². The van der Waals surface area contributed by atoms with Gasteiger partial charge in [-0.25, -0.2) is 0 Å². The maximum Gasteiger partial charge on any atom is 0.225 e. The molecule has 0 bridgehead atoms. The van der Waals surface area contributed by atoms with Crippen molar-refractivity contribution in [1.29, 1.82) is 0 Å². The van der Waals surface area contributed by atoms with Gasteiger partial charge in [-0.15, -0.1) is 0 Å². The highest BCUT2D eigenvalue weighted by Gasteiger charge is 2.07. The molecule has 2 aromatic rings. The summed E-state index contributed by atoms with van der Waals surface area (Å²) in [4.78, 5) is 16.0. The molecule has 122 valence electrons. The van der Waals surface area contributed by atoms with Crippen molar-refractivity contribution in [3.05, 3.63) is 48.3 Å². The molecule has 0 radical (unpaired) electrons. The summed E-state index contributed by atoms with van der Waals surface area (Å²) in [6, 6.07) is 9.15. The lowest BCUT2D eigenvalue weighted by atomic mass is 10.2. The largest absolute Gasteiger partial charge is 0.493 e. The van der Waals surface area contributed by atoms with Gasteiger partial charge in [-0.05, 0) is 23.8 Å². The second-order valence-corrected chi connectivity index (χ2v) is 4.91. The van der Waals surface area contributed by atoms with Gasteiger partial charge in [0.05, 0.1) is 14.2 Å². The number of nitrogens with one attached hydrogen (secondary N) is 2. The van der Waals surface area contributed by atoms with Crippen LogP contribution < -0.4 is 20.1 Å². The maximum absolute atomic E-state index is 11.9. The Morgan fingerprint density at radius 2 is 2.00 bits per heavy atom. The predicted molar refractivity (Wildman–Crippen MR) is 88.7 cm³/mol. The zero-order valence-corrected chi connectivity index (χ0v) is 13.3. The molecule has 23 heavy (non-hydrogen) atoms. The maximum atomic E-state index is 11.9. The normalized spacial score (nSPS) is 10.2. The van der Waals surface area contributed by atoms with E-state index in [1.807, 2.05) is 12.1 Å². The Morgan fingerprint density at radius 3 is 2.70 bits per heavy atom. The quantitative estimate of drug-likeness (QED) is 0.731.